The fourth-order valence-electron chi connectivity index (χ4n) is 3.65. The van der Waals surface area contributed by atoms with E-state index in [0.29, 0.717) is 5.75 Å². The minimum Gasteiger partial charge on any atom is -0.493 e. The van der Waals surface area contributed by atoms with Gasteiger partial charge >= 0.3 is 0 Å². The summed E-state index contributed by atoms with van der Waals surface area (Å²) < 4.78 is 27.3. The summed E-state index contributed by atoms with van der Waals surface area (Å²) in [5, 5.41) is 73.6. The molecule has 10 atom stereocenters. The standard InChI is InChI=1S/C20H29N3O12/c21-23-22-5-6-31-9-1-3-10(4-2-9)32-19-17(30)15(28)18(12(8-25)34-19)35-20-16(29)14(27)13(26)11(7-24)33-20/h1-4,11-20,24-30H,5-8H2/t11-,12-,13+,14+,15-,16-,17-,18-,19-,20+/m1/s1. The van der Waals surface area contributed by atoms with Gasteiger partial charge in [0, 0.05) is 4.91 Å². The molecule has 0 aromatic heterocycles. The molecular formula is C20H29N3O12. The lowest BCUT2D eigenvalue weighted by atomic mass is 9.97. The maximum Gasteiger partial charge on any atom is 0.229 e. The van der Waals surface area contributed by atoms with Gasteiger partial charge in [0.2, 0.25) is 6.29 Å². The Bertz CT molecular complexity index is 837. The summed E-state index contributed by atoms with van der Waals surface area (Å²) in [7, 11) is 0. The smallest absolute Gasteiger partial charge is 0.229 e. The Labute approximate surface area is 199 Å². The van der Waals surface area contributed by atoms with Crippen molar-refractivity contribution in [1.82, 2.24) is 0 Å². The molecule has 3 rings (SSSR count). The van der Waals surface area contributed by atoms with E-state index in [1.54, 1.807) is 12.1 Å². The van der Waals surface area contributed by atoms with Crippen LogP contribution in [0.5, 0.6) is 11.5 Å². The lowest BCUT2D eigenvalue weighted by Crippen LogP contribution is -2.65. The van der Waals surface area contributed by atoms with Crippen LogP contribution in [0.4, 0.5) is 0 Å². The van der Waals surface area contributed by atoms with Gasteiger partial charge in [0.15, 0.2) is 6.29 Å². The molecule has 35 heavy (non-hydrogen) atoms. The second-order valence-corrected chi connectivity index (χ2v) is 7.90. The van der Waals surface area contributed by atoms with Gasteiger partial charge < -0.3 is 59.4 Å². The first-order valence-electron chi connectivity index (χ1n) is 10.8. The number of azide groups is 1. The third kappa shape index (κ3) is 6.49. The summed E-state index contributed by atoms with van der Waals surface area (Å²) in [6.45, 7) is -1.03. The maximum atomic E-state index is 10.6. The molecular weight excluding hydrogens is 474 g/mol. The Morgan fingerprint density at radius 1 is 0.800 bits per heavy atom. The Hall–Kier alpha value is -2.27. The Kier molecular flexibility index (Phi) is 9.85. The third-order valence-corrected chi connectivity index (χ3v) is 5.56. The molecule has 0 saturated carbocycles. The van der Waals surface area contributed by atoms with Crippen molar-refractivity contribution in [2.45, 2.75) is 61.4 Å². The van der Waals surface area contributed by atoms with E-state index in [9.17, 15) is 35.7 Å². The van der Waals surface area contributed by atoms with E-state index in [-0.39, 0.29) is 18.9 Å². The predicted octanol–water partition coefficient (Wildman–Crippen LogP) is -2.62. The van der Waals surface area contributed by atoms with Crippen molar-refractivity contribution in [1.29, 1.82) is 0 Å². The normalized spacial score (nSPS) is 37.3. The number of hydrogen-bond acceptors (Lipinski definition) is 13. The molecule has 2 fully saturated rings. The first-order chi connectivity index (χ1) is 16.8. The average Bonchev–Trinajstić information content (AvgIpc) is 2.87. The molecule has 0 aliphatic carbocycles. The summed E-state index contributed by atoms with van der Waals surface area (Å²) in [5.41, 5.74) is 8.25. The molecule has 0 unspecified atom stereocenters. The van der Waals surface area contributed by atoms with Gasteiger partial charge in [0.25, 0.3) is 0 Å². The lowest BCUT2D eigenvalue weighted by molar-refractivity contribution is -0.352. The van der Waals surface area contributed by atoms with Crippen molar-refractivity contribution in [2.75, 3.05) is 26.4 Å². The molecule has 1 aromatic carbocycles. The molecule has 0 spiro atoms. The van der Waals surface area contributed by atoms with Crippen LogP contribution in [0, 0.1) is 0 Å². The summed E-state index contributed by atoms with van der Waals surface area (Å²) >= 11 is 0. The van der Waals surface area contributed by atoms with Crippen LogP contribution < -0.4 is 9.47 Å². The fraction of sp³-hybridized carbons (Fsp3) is 0.700. The van der Waals surface area contributed by atoms with Crippen LogP contribution in [0.3, 0.4) is 0 Å². The van der Waals surface area contributed by atoms with Gasteiger partial charge in [-0.15, -0.1) is 0 Å². The molecule has 0 amide bonds. The zero-order valence-corrected chi connectivity index (χ0v) is 18.4. The van der Waals surface area contributed by atoms with Crippen molar-refractivity contribution in [3.63, 3.8) is 0 Å². The van der Waals surface area contributed by atoms with Crippen LogP contribution in [0.1, 0.15) is 0 Å². The molecule has 2 saturated heterocycles. The van der Waals surface area contributed by atoms with Gasteiger partial charge in [-0.2, -0.15) is 0 Å². The van der Waals surface area contributed by atoms with E-state index < -0.39 is 74.6 Å². The molecule has 2 aliphatic heterocycles. The highest BCUT2D eigenvalue weighted by molar-refractivity contribution is 5.31. The zero-order chi connectivity index (χ0) is 25.5. The van der Waals surface area contributed by atoms with Crippen LogP contribution >= 0.6 is 0 Å². The zero-order valence-electron chi connectivity index (χ0n) is 18.4. The first kappa shape index (κ1) is 27.3. The van der Waals surface area contributed by atoms with Gasteiger partial charge in [0.1, 0.15) is 60.3 Å². The van der Waals surface area contributed by atoms with Crippen molar-refractivity contribution in [3.05, 3.63) is 34.7 Å². The van der Waals surface area contributed by atoms with Crippen molar-refractivity contribution in [2.24, 2.45) is 5.11 Å². The molecule has 2 heterocycles. The number of hydrogen-bond donors (Lipinski definition) is 7. The van der Waals surface area contributed by atoms with Crippen LogP contribution in [0.15, 0.2) is 29.4 Å². The molecule has 1 aromatic rings. The van der Waals surface area contributed by atoms with Crippen LogP contribution in [0.2, 0.25) is 0 Å². The van der Waals surface area contributed by atoms with Gasteiger partial charge in [-0.05, 0) is 29.8 Å². The molecule has 0 bridgehead atoms. The molecule has 15 heteroatoms. The lowest BCUT2D eigenvalue weighted by Gasteiger charge is -2.45. The quantitative estimate of drug-likeness (QED) is 0.0752. The van der Waals surface area contributed by atoms with E-state index in [1.165, 1.54) is 12.1 Å². The van der Waals surface area contributed by atoms with Crippen LogP contribution in [-0.4, -0.2) is 124 Å². The third-order valence-electron chi connectivity index (χ3n) is 5.56. The summed E-state index contributed by atoms with van der Waals surface area (Å²) in [4.78, 5) is 2.62. The van der Waals surface area contributed by atoms with E-state index >= 15 is 0 Å². The highest BCUT2D eigenvalue weighted by Crippen LogP contribution is 2.30. The minimum atomic E-state index is -1.75. The van der Waals surface area contributed by atoms with Gasteiger partial charge in [0.05, 0.1) is 26.4 Å². The Morgan fingerprint density at radius 2 is 1.40 bits per heavy atom. The summed E-state index contributed by atoms with van der Waals surface area (Å²) in [6, 6.07) is 6.14. The van der Waals surface area contributed by atoms with Gasteiger partial charge in [-0.1, -0.05) is 5.11 Å². The van der Waals surface area contributed by atoms with Crippen molar-refractivity contribution < 1.29 is 59.4 Å². The Morgan fingerprint density at radius 3 is 2.03 bits per heavy atom. The van der Waals surface area contributed by atoms with Crippen LogP contribution in [0.25, 0.3) is 10.4 Å². The maximum absolute atomic E-state index is 10.6. The van der Waals surface area contributed by atoms with E-state index in [4.69, 9.17) is 29.2 Å². The number of ether oxygens (including phenoxy) is 5. The molecule has 15 nitrogen and oxygen atoms in total. The van der Waals surface area contributed by atoms with Gasteiger partial charge in [-0.25, -0.2) is 0 Å². The van der Waals surface area contributed by atoms with E-state index in [2.05, 4.69) is 10.0 Å². The molecule has 196 valence electrons. The predicted molar refractivity (Wildman–Crippen MR) is 113 cm³/mol. The molecule has 7 N–H and O–H groups in total. The fourth-order valence-corrected chi connectivity index (χ4v) is 3.65. The average molecular weight is 503 g/mol. The van der Waals surface area contributed by atoms with E-state index in [0.717, 1.165) is 0 Å². The van der Waals surface area contributed by atoms with Crippen molar-refractivity contribution >= 4 is 0 Å². The van der Waals surface area contributed by atoms with Crippen LogP contribution in [-0.2, 0) is 14.2 Å². The number of aliphatic hydroxyl groups excluding tert-OH is 7. The number of nitrogens with zero attached hydrogens (tertiary/aromatic N) is 3. The largest absolute Gasteiger partial charge is 0.493 e. The van der Waals surface area contributed by atoms with Crippen molar-refractivity contribution in [3.8, 4) is 11.5 Å². The number of aliphatic hydroxyl groups is 7. The summed E-state index contributed by atoms with van der Waals surface area (Å²) in [5.74, 6) is 0.713. The first-order valence-corrected chi connectivity index (χ1v) is 10.8. The topological polar surface area (TPSA) is 237 Å². The number of rotatable bonds is 10. The SMILES string of the molecule is [N-]=[N+]=NCCOc1ccc(O[C@@H]2O[C@H](CO)[C@@H](O[C@@H]3O[C@H](CO)[C@H](O)[C@H](O)[C@H]3O)[C@H](O)[C@H]2O)cc1. The second kappa shape index (κ2) is 12.6. The summed E-state index contributed by atoms with van der Waals surface area (Å²) in [6.07, 6.45) is -15.4. The molecule has 2 aliphatic rings. The second-order valence-electron chi connectivity index (χ2n) is 7.90. The van der Waals surface area contributed by atoms with Gasteiger partial charge in [-0.3, -0.25) is 0 Å². The highest BCUT2D eigenvalue weighted by Gasteiger charge is 2.51. The monoisotopic (exact) mass is 503 g/mol. The van der Waals surface area contributed by atoms with E-state index in [1.807, 2.05) is 0 Å². The number of benzene rings is 1. The Balaban J connectivity index is 1.62. The molecule has 0 radical (unpaired) electrons. The minimum absolute atomic E-state index is 0.156. The highest BCUT2D eigenvalue weighted by atomic mass is 16.7.